The molecule has 0 bridgehead atoms. The van der Waals surface area contributed by atoms with Gasteiger partial charge in [0.15, 0.2) is 0 Å². The van der Waals surface area contributed by atoms with Gasteiger partial charge in [0.25, 0.3) is 0 Å². The number of nitrogens with two attached hydrogens (primary N) is 1. The summed E-state index contributed by atoms with van der Waals surface area (Å²) < 4.78 is 4.49. The molecule has 4 nitrogen and oxygen atoms in total. The normalized spacial score (nSPS) is 12.5. The largest absolute Gasteiger partial charge is 0.469 e. The average molecular weight is 168 g/mol. The van der Waals surface area contributed by atoms with Crippen LogP contribution in [0.2, 0.25) is 0 Å². The highest BCUT2D eigenvalue weighted by atomic mass is 16.5. The number of esters is 1. The molecule has 1 aromatic heterocycles. The molecule has 0 amide bonds. The lowest BCUT2D eigenvalue weighted by atomic mass is 10.1. The number of carbonyl (C=O) groups excluding carboxylic acids is 1. The van der Waals surface area contributed by atoms with Crippen LogP contribution in [0.4, 0.5) is 0 Å². The van der Waals surface area contributed by atoms with Crippen molar-refractivity contribution < 1.29 is 9.53 Å². The molecule has 0 unspecified atom stereocenters. The molecule has 0 aliphatic rings. The molecule has 0 fully saturated rings. The molecule has 1 atom stereocenters. The first-order valence-electron chi connectivity index (χ1n) is 3.69. The highest BCUT2D eigenvalue weighted by Gasteiger charge is 2.11. The summed E-state index contributed by atoms with van der Waals surface area (Å²) in [7, 11) is 1.35. The topological polar surface area (TPSA) is 68.1 Å². The van der Waals surface area contributed by atoms with E-state index in [9.17, 15) is 4.79 Å². The van der Waals surface area contributed by atoms with Gasteiger partial charge in [0.2, 0.25) is 0 Å². The van der Waals surface area contributed by atoms with E-state index in [1.165, 1.54) is 7.11 Å². The van der Waals surface area contributed by atoms with Crippen molar-refractivity contribution in [2.45, 2.75) is 12.5 Å². The van der Waals surface area contributed by atoms with Gasteiger partial charge < -0.3 is 15.5 Å². The van der Waals surface area contributed by atoms with Crippen molar-refractivity contribution in [3.63, 3.8) is 0 Å². The van der Waals surface area contributed by atoms with E-state index in [0.29, 0.717) is 0 Å². The van der Waals surface area contributed by atoms with E-state index in [-0.39, 0.29) is 18.4 Å². The lowest BCUT2D eigenvalue weighted by Crippen LogP contribution is -2.16. The molecule has 0 radical (unpaired) electrons. The van der Waals surface area contributed by atoms with Crippen molar-refractivity contribution in [1.29, 1.82) is 0 Å². The second-order valence-corrected chi connectivity index (χ2v) is 2.51. The van der Waals surface area contributed by atoms with Crippen molar-refractivity contribution in [2.75, 3.05) is 7.11 Å². The van der Waals surface area contributed by atoms with E-state index >= 15 is 0 Å². The van der Waals surface area contributed by atoms with Gasteiger partial charge >= 0.3 is 5.97 Å². The molecular formula is C8H12N2O2. The number of aromatic amines is 1. The van der Waals surface area contributed by atoms with E-state index in [4.69, 9.17) is 5.73 Å². The third-order valence-electron chi connectivity index (χ3n) is 1.64. The van der Waals surface area contributed by atoms with Crippen LogP contribution in [0.15, 0.2) is 18.3 Å². The number of nitrogens with one attached hydrogen (secondary N) is 1. The maximum Gasteiger partial charge on any atom is 0.307 e. The Balaban J connectivity index is 2.49. The van der Waals surface area contributed by atoms with Crippen LogP contribution in [0, 0.1) is 0 Å². The van der Waals surface area contributed by atoms with Gasteiger partial charge in [-0.05, 0) is 12.1 Å². The molecule has 0 aliphatic carbocycles. The Hall–Kier alpha value is -1.29. The Morgan fingerprint density at radius 3 is 3.08 bits per heavy atom. The number of hydrogen-bond acceptors (Lipinski definition) is 3. The van der Waals surface area contributed by atoms with Crippen molar-refractivity contribution in [1.82, 2.24) is 4.98 Å². The zero-order chi connectivity index (χ0) is 8.97. The van der Waals surface area contributed by atoms with Crippen LogP contribution in [0.5, 0.6) is 0 Å². The first kappa shape index (κ1) is 8.80. The van der Waals surface area contributed by atoms with Crippen LogP contribution in [-0.4, -0.2) is 18.1 Å². The molecule has 1 rings (SSSR count). The quantitative estimate of drug-likeness (QED) is 0.648. The summed E-state index contributed by atoms with van der Waals surface area (Å²) in [6.45, 7) is 0. The number of ether oxygens (including phenoxy) is 1. The zero-order valence-corrected chi connectivity index (χ0v) is 6.91. The fourth-order valence-electron chi connectivity index (χ4n) is 0.948. The third kappa shape index (κ3) is 2.10. The Morgan fingerprint density at radius 2 is 2.58 bits per heavy atom. The Labute approximate surface area is 70.7 Å². The summed E-state index contributed by atoms with van der Waals surface area (Å²) in [6, 6.07) is 3.38. The molecule has 0 saturated heterocycles. The lowest BCUT2D eigenvalue weighted by Gasteiger charge is -2.07. The monoisotopic (exact) mass is 168 g/mol. The summed E-state index contributed by atoms with van der Waals surface area (Å²) in [6.07, 6.45) is 1.98. The highest BCUT2D eigenvalue weighted by molar-refractivity contribution is 5.70. The molecule has 1 aromatic rings. The van der Waals surface area contributed by atoms with Crippen LogP contribution in [-0.2, 0) is 9.53 Å². The second kappa shape index (κ2) is 3.92. The highest BCUT2D eigenvalue weighted by Crippen LogP contribution is 2.11. The Kier molecular flexibility index (Phi) is 2.88. The minimum atomic E-state index is -0.299. The zero-order valence-electron chi connectivity index (χ0n) is 6.91. The summed E-state index contributed by atoms with van der Waals surface area (Å²) in [5.74, 6) is -0.294. The number of H-pyrrole nitrogens is 1. The first-order valence-corrected chi connectivity index (χ1v) is 3.69. The van der Waals surface area contributed by atoms with Gasteiger partial charge in [0.05, 0.1) is 19.6 Å². The van der Waals surface area contributed by atoms with E-state index in [1.54, 1.807) is 6.20 Å². The van der Waals surface area contributed by atoms with Crippen LogP contribution >= 0.6 is 0 Å². The van der Waals surface area contributed by atoms with Gasteiger partial charge in [-0.3, -0.25) is 4.79 Å². The third-order valence-corrected chi connectivity index (χ3v) is 1.64. The SMILES string of the molecule is COC(=O)C[C@@H](N)c1ccc[nH]1. The summed E-state index contributed by atoms with van der Waals surface area (Å²) in [5, 5.41) is 0. The molecule has 0 spiro atoms. The summed E-state index contributed by atoms with van der Waals surface area (Å²) in [5.41, 5.74) is 6.53. The Morgan fingerprint density at radius 1 is 1.83 bits per heavy atom. The standard InChI is InChI=1S/C8H12N2O2/c1-12-8(11)5-6(9)7-3-2-4-10-7/h2-4,6,10H,5,9H2,1H3/t6-/m1/s1. The number of hydrogen-bond donors (Lipinski definition) is 2. The van der Waals surface area contributed by atoms with E-state index < -0.39 is 0 Å². The first-order chi connectivity index (χ1) is 5.74. The fourth-order valence-corrected chi connectivity index (χ4v) is 0.948. The second-order valence-electron chi connectivity index (χ2n) is 2.51. The summed E-state index contributed by atoms with van der Waals surface area (Å²) >= 11 is 0. The molecule has 1 heterocycles. The van der Waals surface area contributed by atoms with Crippen LogP contribution in [0.3, 0.4) is 0 Å². The molecular weight excluding hydrogens is 156 g/mol. The van der Waals surface area contributed by atoms with E-state index in [2.05, 4.69) is 9.72 Å². The predicted octanol–water partition coefficient (Wildman–Crippen LogP) is 0.578. The molecule has 3 N–H and O–H groups in total. The molecule has 12 heavy (non-hydrogen) atoms. The predicted molar refractivity (Wildman–Crippen MR) is 44.4 cm³/mol. The van der Waals surface area contributed by atoms with Gasteiger partial charge in [0.1, 0.15) is 0 Å². The van der Waals surface area contributed by atoms with Crippen LogP contribution < -0.4 is 5.73 Å². The van der Waals surface area contributed by atoms with Gasteiger partial charge in [-0.15, -0.1) is 0 Å². The molecule has 0 aliphatic heterocycles. The van der Waals surface area contributed by atoms with Gasteiger partial charge in [0, 0.05) is 11.9 Å². The van der Waals surface area contributed by atoms with Crippen molar-refractivity contribution in [3.8, 4) is 0 Å². The van der Waals surface area contributed by atoms with Gasteiger partial charge in [-0.25, -0.2) is 0 Å². The molecule has 0 saturated carbocycles. The number of methoxy groups -OCH3 is 1. The van der Waals surface area contributed by atoms with Crippen LogP contribution in [0.1, 0.15) is 18.2 Å². The maximum atomic E-state index is 10.8. The van der Waals surface area contributed by atoms with E-state index in [0.717, 1.165) is 5.69 Å². The van der Waals surface area contributed by atoms with Gasteiger partial charge in [-0.1, -0.05) is 0 Å². The minimum absolute atomic E-state index is 0.205. The Bertz CT molecular complexity index is 244. The van der Waals surface area contributed by atoms with Crippen molar-refractivity contribution in [2.24, 2.45) is 5.73 Å². The number of carbonyl (C=O) groups is 1. The summed E-state index contributed by atoms with van der Waals surface area (Å²) in [4.78, 5) is 13.7. The number of aromatic nitrogens is 1. The number of rotatable bonds is 3. The molecule has 4 heteroatoms. The molecule has 0 aromatic carbocycles. The fraction of sp³-hybridized carbons (Fsp3) is 0.375. The molecule has 66 valence electrons. The van der Waals surface area contributed by atoms with Gasteiger partial charge in [-0.2, -0.15) is 0 Å². The van der Waals surface area contributed by atoms with Crippen molar-refractivity contribution in [3.05, 3.63) is 24.0 Å². The smallest absolute Gasteiger partial charge is 0.307 e. The minimum Gasteiger partial charge on any atom is -0.469 e. The van der Waals surface area contributed by atoms with E-state index in [1.807, 2.05) is 12.1 Å². The average Bonchev–Trinajstić information content (AvgIpc) is 2.56. The van der Waals surface area contributed by atoms with Crippen molar-refractivity contribution >= 4 is 5.97 Å². The van der Waals surface area contributed by atoms with Crippen LogP contribution in [0.25, 0.3) is 0 Å². The maximum absolute atomic E-state index is 10.8. The lowest BCUT2D eigenvalue weighted by molar-refractivity contribution is -0.141.